The zero-order valence-corrected chi connectivity index (χ0v) is 61.7. The number of hydrogen-bond donors (Lipinski definition) is 8. The van der Waals surface area contributed by atoms with Gasteiger partial charge in [-0.2, -0.15) is 6.92 Å². The van der Waals surface area contributed by atoms with Crippen LogP contribution in [-0.2, 0) is 38.7 Å². The molecule has 0 aromatic rings. The van der Waals surface area contributed by atoms with E-state index in [9.17, 15) is 0 Å². The fourth-order valence-electron chi connectivity index (χ4n) is 0. The van der Waals surface area contributed by atoms with E-state index in [4.69, 9.17) is 60.6 Å². The molecule has 0 saturated carbocycles. The Morgan fingerprint density at radius 2 is 0.301 bits per heavy atom. The van der Waals surface area contributed by atoms with Crippen molar-refractivity contribution >= 4 is 27.2 Å². The molecule has 0 aromatic heterocycles. The molecule has 0 aliphatic rings. The minimum absolute atomic E-state index is 0. The predicted octanol–water partition coefficient (Wildman–Crippen LogP) is 18.1. The van der Waals surface area contributed by atoms with E-state index < -0.39 is 0 Å². The van der Waals surface area contributed by atoms with Gasteiger partial charge in [0.05, 0.1) is 28.4 Å². The molecule has 73 heavy (non-hydrogen) atoms. The summed E-state index contributed by atoms with van der Waals surface area (Å²) in [5.74, 6) is 0. The van der Waals surface area contributed by atoms with E-state index in [1.807, 2.05) is 27.2 Å². The SMILES string of the molecule is C.C.C.C.C.C.C.C.C.C.C.C.C.C.C.C.C.C.C=C.C=C.C=C.C=C.C=O.C=O.C=O.C=O.CCC.CCO.CCO.CCO.CCO.COO.COO.COO.COO.[CH2-]C.[CH2-]C[CH2-].[CH3-].[U].[U].[U].[U].[U].[U]. The van der Waals surface area contributed by atoms with Gasteiger partial charge in [-0.15, -0.1) is 52.6 Å². The van der Waals surface area contributed by atoms with Crippen molar-refractivity contribution in [2.45, 2.75) is 195 Å². The summed E-state index contributed by atoms with van der Waals surface area (Å²) >= 11 is 0. The fourth-order valence-corrected chi connectivity index (χ4v) is 0. The van der Waals surface area contributed by atoms with E-state index in [0.29, 0.717) is 0 Å². The predicted molar refractivity (Wildman–Crippen MR) is 333 cm³/mol. The first-order valence-electron chi connectivity index (χ1n) is 12.7. The maximum absolute atomic E-state index is 8.00. The van der Waals surface area contributed by atoms with Crippen molar-refractivity contribution in [3.63, 3.8) is 0 Å². The first-order chi connectivity index (χ1) is 23.1. The van der Waals surface area contributed by atoms with Crippen molar-refractivity contribution < 1.29 is 267 Å². The fraction of sp³-hybridized carbons (Fsp3) is 0.686. The van der Waals surface area contributed by atoms with Gasteiger partial charge < -0.3 is 74.2 Å². The Hall–Kier alpha value is 3.47. The van der Waals surface area contributed by atoms with Crippen LogP contribution in [0.15, 0.2) is 52.6 Å². The van der Waals surface area contributed by atoms with E-state index in [1.165, 1.54) is 34.9 Å². The van der Waals surface area contributed by atoms with Gasteiger partial charge in [-0.1, -0.05) is 154 Å². The topological polar surface area (TPSA) is 267 Å². The summed E-state index contributed by atoms with van der Waals surface area (Å²) in [6.07, 6.45) is 2.00. The molecule has 0 amide bonds. The molecule has 0 aromatic carbocycles. The summed E-state index contributed by atoms with van der Waals surface area (Å²) in [4.78, 5) is 45.0. The summed E-state index contributed by atoms with van der Waals surface area (Å²) in [6, 6.07) is 0. The zero-order chi connectivity index (χ0) is 45.1. The molecule has 0 unspecified atom stereocenters. The van der Waals surface area contributed by atoms with Crippen LogP contribution < -0.4 is 0 Å². The Labute approximate surface area is 616 Å². The molecule has 16 nitrogen and oxygen atoms in total. The van der Waals surface area contributed by atoms with Gasteiger partial charge in [0.25, 0.3) is 0 Å². The minimum Gasteiger partial charge on any atom is -0.397 e. The quantitative estimate of drug-likeness (QED) is 0.0485. The second-order valence-corrected chi connectivity index (χ2v) is 3.06. The Balaban J connectivity index is -0.00000000285. The van der Waals surface area contributed by atoms with Crippen LogP contribution in [0.3, 0.4) is 0 Å². The molecule has 0 heterocycles. The van der Waals surface area contributed by atoms with E-state index >= 15 is 0 Å². The Morgan fingerprint density at radius 1 is 0.301 bits per heavy atom. The van der Waals surface area contributed by atoms with E-state index in [0.717, 1.165) is 6.42 Å². The van der Waals surface area contributed by atoms with Crippen LogP contribution in [0, 0.1) is 215 Å². The van der Waals surface area contributed by atoms with E-state index in [2.05, 4.69) is 107 Å². The molecule has 0 radical (unpaired) electrons. The molecular weight excluding hydrogens is 2300 g/mol. The van der Waals surface area contributed by atoms with Crippen LogP contribution in [0.5, 0.6) is 0 Å². The van der Waals surface area contributed by atoms with Crippen LogP contribution in [0.1, 0.15) is 195 Å². The standard InChI is InChI=1S/C3H8.C3H6.4C2H6O.C2H5.4C2H4.4CH4O2.4CH2O.18CH4.CH3.6U/c2*1-3-2;4*1-2-3;5*1-2;4*1-3-2;4*1-2;;;;;;;;;;;;;;;;;;;;;;;;;/h3H2,1-2H3;1-3H2;4*3H,2H2,1H3;1H2,2H3;4*1-2H2;4*2H,1H3;4*1H2;18*1H4;1H3;;;;;;/q;-2;;;;;-1;;;;;;;;;;;;;;;;;;;;;;;;;;;;;;;-1;;;;;;. The normalized spacial score (nSPS) is 2.99. The number of aliphatic hydroxyl groups excluding tert-OH is 4. The third-order valence-electron chi connectivity index (χ3n) is 0. The Kier molecular flexibility index (Phi) is 13100. The molecule has 22 heteroatoms. The van der Waals surface area contributed by atoms with Gasteiger partial charge >= 0.3 is 0 Å². The van der Waals surface area contributed by atoms with Crippen molar-refractivity contribution in [1.29, 1.82) is 0 Å². The summed E-state index contributed by atoms with van der Waals surface area (Å²) in [6.45, 7) is 55.7. The van der Waals surface area contributed by atoms with Gasteiger partial charge in [-0.05, 0) is 27.7 Å². The Bertz CT molecular complexity index is 176. The first-order valence-corrected chi connectivity index (χ1v) is 12.7. The molecular formula is C51H158O16U6-4. The molecule has 486 valence electrons. The number of rotatable bonds is 0. The molecule has 0 saturated heterocycles. The van der Waals surface area contributed by atoms with Crippen molar-refractivity contribution in [2.75, 3.05) is 54.9 Å². The molecule has 8 N–H and O–H groups in total. The first kappa shape index (κ1) is 413. The summed E-state index contributed by atoms with van der Waals surface area (Å²) < 4.78 is 0. The van der Waals surface area contributed by atoms with E-state index in [1.54, 1.807) is 34.6 Å². The zero-order valence-electron chi connectivity index (χ0n) is 36.7. The van der Waals surface area contributed by atoms with Crippen LogP contribution in [0.2, 0.25) is 0 Å². The number of hydrogen-bond acceptors (Lipinski definition) is 16. The third-order valence-corrected chi connectivity index (χ3v) is 0. The summed E-state index contributed by atoms with van der Waals surface area (Å²) in [7, 11) is 4.72. The van der Waals surface area contributed by atoms with Crippen LogP contribution in [0.4, 0.5) is 0 Å². The van der Waals surface area contributed by atoms with Crippen LogP contribution in [-0.4, -0.2) is 123 Å². The van der Waals surface area contributed by atoms with Crippen molar-refractivity contribution in [3.8, 4) is 0 Å². The van der Waals surface area contributed by atoms with E-state index in [-0.39, 0.29) is 354 Å². The largest absolute Gasteiger partial charge is 0.397 e. The van der Waals surface area contributed by atoms with Gasteiger partial charge in [-0.3, -0.25) is 21.0 Å². The number of carbonyl (C=O) groups is 4. The molecule has 0 spiro atoms. The van der Waals surface area contributed by atoms with Crippen molar-refractivity contribution in [1.82, 2.24) is 0 Å². The smallest absolute Gasteiger partial charge is 0.106 e. The van der Waals surface area contributed by atoms with Gasteiger partial charge in [0.2, 0.25) is 0 Å². The molecule has 0 aliphatic heterocycles. The number of carbonyl (C=O) groups excluding carboxylic acids is 4. The minimum atomic E-state index is 0. The van der Waals surface area contributed by atoms with Crippen molar-refractivity contribution in [3.05, 3.63) is 80.8 Å². The van der Waals surface area contributed by atoms with Gasteiger partial charge in [-0.25, -0.2) is 19.6 Å². The van der Waals surface area contributed by atoms with Crippen LogP contribution >= 0.6 is 0 Å². The molecule has 0 rings (SSSR count). The summed E-state index contributed by atoms with van der Waals surface area (Å²) in [5, 5.41) is 58.6. The summed E-state index contributed by atoms with van der Waals surface area (Å²) in [5.41, 5.74) is 0. The molecule has 0 atom stereocenters. The van der Waals surface area contributed by atoms with Crippen molar-refractivity contribution in [2.24, 2.45) is 0 Å². The second kappa shape index (κ2) is 2310. The van der Waals surface area contributed by atoms with Crippen LogP contribution in [0.25, 0.3) is 0 Å². The monoisotopic (exact) mass is 2460 g/mol. The molecule has 0 bridgehead atoms. The van der Waals surface area contributed by atoms with Gasteiger partial charge in [0, 0.05) is 213 Å². The number of aliphatic hydroxyl groups is 4. The third kappa shape index (κ3) is 33800. The van der Waals surface area contributed by atoms with Gasteiger partial charge in [0.1, 0.15) is 27.2 Å². The average Bonchev–Trinajstić information content (AvgIpc) is 3.13. The maximum Gasteiger partial charge on any atom is 0.106 e. The maximum atomic E-state index is 8.00. The Morgan fingerprint density at radius 3 is 0.301 bits per heavy atom. The molecule has 0 aliphatic carbocycles. The molecule has 0 fully saturated rings. The second-order valence-electron chi connectivity index (χ2n) is 3.06. The van der Waals surface area contributed by atoms with Gasteiger partial charge in [0.15, 0.2) is 0 Å². The average molecular weight is 2460 g/mol.